The van der Waals surface area contributed by atoms with Gasteiger partial charge in [0.2, 0.25) is 0 Å². The van der Waals surface area contributed by atoms with Gasteiger partial charge in [-0.3, -0.25) is 0 Å². The molecular formula is C12H15. The van der Waals surface area contributed by atoms with Crippen molar-refractivity contribution in [2.24, 2.45) is 5.92 Å². The molecule has 1 rings (SSSR count). The Morgan fingerprint density at radius 2 is 2.17 bits per heavy atom. The molecule has 1 aromatic carbocycles. The summed E-state index contributed by atoms with van der Waals surface area (Å²) in [4.78, 5) is 0. The average molecular weight is 159 g/mol. The van der Waals surface area contributed by atoms with E-state index in [0.29, 0.717) is 5.92 Å². The molecule has 0 aliphatic carbocycles. The molecule has 12 heavy (non-hydrogen) atoms. The van der Waals surface area contributed by atoms with Crippen LogP contribution in [0, 0.1) is 12.0 Å². The lowest BCUT2D eigenvalue weighted by Crippen LogP contribution is -1.93. The second-order valence-electron chi connectivity index (χ2n) is 3.48. The van der Waals surface area contributed by atoms with Gasteiger partial charge < -0.3 is 0 Å². The van der Waals surface area contributed by atoms with Crippen molar-refractivity contribution in [3.8, 4) is 0 Å². The van der Waals surface area contributed by atoms with E-state index in [1.807, 2.05) is 6.07 Å². The van der Waals surface area contributed by atoms with Crippen LogP contribution in [0.25, 0.3) is 0 Å². The van der Waals surface area contributed by atoms with E-state index < -0.39 is 0 Å². The monoisotopic (exact) mass is 159 g/mol. The van der Waals surface area contributed by atoms with E-state index >= 15 is 0 Å². The largest absolute Gasteiger partial charge is 0.0906 e. The highest BCUT2D eigenvalue weighted by Gasteiger charge is 1.97. The van der Waals surface area contributed by atoms with Gasteiger partial charge in [-0.15, -0.1) is 0 Å². The summed E-state index contributed by atoms with van der Waals surface area (Å²) in [6.07, 6.45) is 4.03. The molecular weight excluding hydrogens is 144 g/mol. The molecule has 0 amide bonds. The first-order valence-electron chi connectivity index (χ1n) is 4.34. The molecule has 1 aromatic rings. The van der Waals surface area contributed by atoms with E-state index in [0.717, 1.165) is 12.0 Å². The molecule has 1 radical (unpaired) electrons. The Hall–Kier alpha value is -1.04. The van der Waals surface area contributed by atoms with E-state index in [9.17, 15) is 0 Å². The van der Waals surface area contributed by atoms with Gasteiger partial charge in [0.15, 0.2) is 0 Å². The van der Waals surface area contributed by atoms with Crippen LogP contribution in [0.1, 0.15) is 25.0 Å². The average Bonchev–Trinajstić information content (AvgIpc) is 2.03. The van der Waals surface area contributed by atoms with Crippen molar-refractivity contribution in [3.05, 3.63) is 48.0 Å². The van der Waals surface area contributed by atoms with Gasteiger partial charge in [0, 0.05) is 0 Å². The highest BCUT2D eigenvalue weighted by molar-refractivity contribution is 5.27. The molecule has 63 valence electrons. The third-order valence-corrected chi connectivity index (χ3v) is 1.78. The molecule has 0 fully saturated rings. The second kappa shape index (κ2) is 4.10. The molecule has 0 saturated carbocycles. The summed E-state index contributed by atoms with van der Waals surface area (Å²) in [5.74, 6) is 0.713. The zero-order chi connectivity index (χ0) is 8.97. The molecule has 0 unspecified atom stereocenters. The van der Waals surface area contributed by atoms with Crippen LogP contribution in [0.5, 0.6) is 0 Å². The quantitative estimate of drug-likeness (QED) is 0.635. The maximum Gasteiger partial charge on any atom is -0.0181 e. The van der Waals surface area contributed by atoms with Gasteiger partial charge in [-0.25, -0.2) is 0 Å². The van der Waals surface area contributed by atoms with Crippen molar-refractivity contribution in [2.75, 3.05) is 0 Å². The minimum Gasteiger partial charge on any atom is -0.0906 e. The summed E-state index contributed by atoms with van der Waals surface area (Å²) in [6.45, 7) is 8.08. The van der Waals surface area contributed by atoms with E-state index in [4.69, 9.17) is 0 Å². The van der Waals surface area contributed by atoms with Crippen molar-refractivity contribution in [1.82, 2.24) is 0 Å². The van der Waals surface area contributed by atoms with Gasteiger partial charge in [-0.05, 0) is 29.5 Å². The van der Waals surface area contributed by atoms with Crippen LogP contribution in [-0.4, -0.2) is 0 Å². The molecule has 0 aromatic heterocycles. The summed E-state index contributed by atoms with van der Waals surface area (Å²) < 4.78 is 0. The van der Waals surface area contributed by atoms with Gasteiger partial charge in [0.25, 0.3) is 0 Å². The van der Waals surface area contributed by atoms with Crippen molar-refractivity contribution in [3.63, 3.8) is 0 Å². The first-order valence-corrected chi connectivity index (χ1v) is 4.34. The van der Waals surface area contributed by atoms with Crippen molar-refractivity contribution in [2.45, 2.75) is 20.3 Å². The third kappa shape index (κ3) is 2.54. The van der Waals surface area contributed by atoms with E-state index in [2.05, 4.69) is 44.7 Å². The summed E-state index contributed by atoms with van der Waals surface area (Å²) in [7, 11) is 0. The summed E-state index contributed by atoms with van der Waals surface area (Å²) >= 11 is 0. The zero-order valence-corrected chi connectivity index (χ0v) is 7.80. The van der Waals surface area contributed by atoms with Crippen LogP contribution >= 0.6 is 0 Å². The Morgan fingerprint density at radius 1 is 1.42 bits per heavy atom. The summed E-state index contributed by atoms with van der Waals surface area (Å²) in [5, 5.41) is 0. The number of benzene rings is 1. The third-order valence-electron chi connectivity index (χ3n) is 1.78. The van der Waals surface area contributed by atoms with E-state index in [-0.39, 0.29) is 0 Å². The molecule has 0 bridgehead atoms. The maximum absolute atomic E-state index is 3.63. The molecule has 0 aliphatic heterocycles. The lowest BCUT2D eigenvalue weighted by atomic mass is 10.0. The number of rotatable bonds is 3. The number of hydrogen-bond donors (Lipinski definition) is 0. The van der Waals surface area contributed by atoms with Gasteiger partial charge in [-0.1, -0.05) is 44.7 Å². The predicted octanol–water partition coefficient (Wildman–Crippen LogP) is 3.22. The van der Waals surface area contributed by atoms with Crippen molar-refractivity contribution < 1.29 is 0 Å². The highest BCUT2D eigenvalue weighted by atomic mass is 14.0. The molecule has 0 spiro atoms. The van der Waals surface area contributed by atoms with Crippen LogP contribution in [0.15, 0.2) is 30.8 Å². The fraction of sp³-hybridized carbons (Fsp3) is 0.333. The van der Waals surface area contributed by atoms with E-state index in [1.54, 1.807) is 0 Å². The Labute approximate surface area is 74.9 Å². The van der Waals surface area contributed by atoms with Crippen LogP contribution in [0.2, 0.25) is 0 Å². The van der Waals surface area contributed by atoms with Crippen LogP contribution < -0.4 is 0 Å². The fourth-order valence-electron chi connectivity index (χ4n) is 1.28. The first kappa shape index (κ1) is 9.05. The van der Waals surface area contributed by atoms with Gasteiger partial charge in [-0.2, -0.15) is 0 Å². The van der Waals surface area contributed by atoms with Crippen molar-refractivity contribution in [1.29, 1.82) is 0 Å². The predicted molar refractivity (Wildman–Crippen MR) is 53.0 cm³/mol. The molecule has 0 heterocycles. The van der Waals surface area contributed by atoms with Gasteiger partial charge >= 0.3 is 0 Å². The molecule has 0 heteroatoms. The summed E-state index contributed by atoms with van der Waals surface area (Å²) in [6, 6.07) is 8.38. The molecule has 0 nitrogen and oxygen atoms in total. The standard InChI is InChI=1S/C12H15/c1-4-11-6-5-7-12(9-11)8-10(2)3/h5-7,9-10H,1,8H2,2-3H3. The fourth-order valence-corrected chi connectivity index (χ4v) is 1.28. The van der Waals surface area contributed by atoms with Gasteiger partial charge in [0.1, 0.15) is 0 Å². The minimum atomic E-state index is 0.713. The Morgan fingerprint density at radius 3 is 2.75 bits per heavy atom. The topological polar surface area (TPSA) is 0 Å². The lowest BCUT2D eigenvalue weighted by Gasteiger charge is -2.04. The molecule has 0 N–H and O–H groups in total. The zero-order valence-electron chi connectivity index (χ0n) is 7.80. The Balaban J connectivity index is 2.79. The molecule has 0 saturated heterocycles. The summed E-state index contributed by atoms with van der Waals surface area (Å²) in [5.41, 5.74) is 2.46. The van der Waals surface area contributed by atoms with E-state index in [1.165, 1.54) is 5.56 Å². The SMILES string of the molecule is C=[C]c1cccc(CC(C)C)c1. The molecule has 0 atom stereocenters. The van der Waals surface area contributed by atoms with Gasteiger partial charge in [0.05, 0.1) is 0 Å². The first-order chi connectivity index (χ1) is 5.72. The lowest BCUT2D eigenvalue weighted by molar-refractivity contribution is 0.647. The van der Waals surface area contributed by atoms with Crippen LogP contribution in [-0.2, 0) is 6.42 Å². The molecule has 0 aliphatic rings. The Kier molecular flexibility index (Phi) is 3.09. The Bertz CT molecular complexity index is 258. The normalized spacial score (nSPS) is 10.2. The minimum absolute atomic E-state index is 0.713. The smallest absolute Gasteiger partial charge is 0.0181 e. The maximum atomic E-state index is 3.63. The highest BCUT2D eigenvalue weighted by Crippen LogP contribution is 2.10. The van der Waals surface area contributed by atoms with Crippen LogP contribution in [0.4, 0.5) is 0 Å². The van der Waals surface area contributed by atoms with Crippen LogP contribution in [0.3, 0.4) is 0 Å². The number of hydrogen-bond acceptors (Lipinski definition) is 0. The van der Waals surface area contributed by atoms with Crippen molar-refractivity contribution >= 4 is 0 Å². The second-order valence-corrected chi connectivity index (χ2v) is 3.48.